The highest BCUT2D eigenvalue weighted by Gasteiger charge is 2.09. The van der Waals surface area contributed by atoms with Crippen LogP contribution in [0.1, 0.15) is 15.9 Å². The van der Waals surface area contributed by atoms with Crippen LogP contribution in [0.4, 0.5) is 5.69 Å². The molecule has 0 saturated heterocycles. The molecule has 88 valence electrons. The van der Waals surface area contributed by atoms with Gasteiger partial charge in [0, 0.05) is 11.8 Å². The van der Waals surface area contributed by atoms with E-state index in [0.717, 1.165) is 5.56 Å². The van der Waals surface area contributed by atoms with Crippen molar-refractivity contribution in [1.29, 1.82) is 0 Å². The van der Waals surface area contributed by atoms with Gasteiger partial charge in [0.25, 0.3) is 5.91 Å². The lowest BCUT2D eigenvalue weighted by Crippen LogP contribution is -2.10. The highest BCUT2D eigenvalue weighted by molar-refractivity contribution is 9.10. The fourth-order valence-electron chi connectivity index (χ4n) is 1.38. The van der Waals surface area contributed by atoms with Crippen molar-refractivity contribution in [2.45, 2.75) is 6.61 Å². The zero-order valence-electron chi connectivity index (χ0n) is 8.81. The molecule has 4 nitrogen and oxygen atoms in total. The molecule has 1 amide bonds. The SMILES string of the molecule is O=C(Nc1cccc(CO)c1)c1coc(Br)c1. The third-order valence-electron chi connectivity index (χ3n) is 2.20. The van der Waals surface area contributed by atoms with Gasteiger partial charge in [-0.15, -0.1) is 0 Å². The minimum Gasteiger partial charge on any atom is -0.457 e. The van der Waals surface area contributed by atoms with Crippen LogP contribution < -0.4 is 5.32 Å². The van der Waals surface area contributed by atoms with Gasteiger partial charge in [-0.05, 0) is 33.6 Å². The van der Waals surface area contributed by atoms with Crippen LogP contribution in [-0.4, -0.2) is 11.0 Å². The maximum atomic E-state index is 11.8. The van der Waals surface area contributed by atoms with Crippen molar-refractivity contribution in [3.63, 3.8) is 0 Å². The van der Waals surface area contributed by atoms with Gasteiger partial charge in [0.2, 0.25) is 0 Å². The van der Waals surface area contributed by atoms with Gasteiger partial charge in [0.05, 0.1) is 12.2 Å². The van der Waals surface area contributed by atoms with Gasteiger partial charge in [0.1, 0.15) is 6.26 Å². The van der Waals surface area contributed by atoms with E-state index in [9.17, 15) is 4.79 Å². The van der Waals surface area contributed by atoms with Gasteiger partial charge in [-0.3, -0.25) is 4.79 Å². The molecule has 1 heterocycles. The van der Waals surface area contributed by atoms with Gasteiger partial charge in [-0.1, -0.05) is 12.1 Å². The topological polar surface area (TPSA) is 62.5 Å². The van der Waals surface area contributed by atoms with Crippen LogP contribution in [0.2, 0.25) is 0 Å². The van der Waals surface area contributed by atoms with Gasteiger partial charge in [0.15, 0.2) is 4.67 Å². The Morgan fingerprint density at radius 2 is 2.24 bits per heavy atom. The Kier molecular flexibility index (Phi) is 3.61. The number of anilines is 1. The number of furan rings is 1. The summed E-state index contributed by atoms with van der Waals surface area (Å²) in [6.45, 7) is -0.0546. The number of hydrogen-bond donors (Lipinski definition) is 2. The van der Waals surface area contributed by atoms with Gasteiger partial charge in [-0.2, -0.15) is 0 Å². The number of hydrogen-bond acceptors (Lipinski definition) is 3. The molecule has 0 fully saturated rings. The maximum absolute atomic E-state index is 11.8. The fourth-order valence-corrected chi connectivity index (χ4v) is 1.72. The van der Waals surface area contributed by atoms with E-state index in [1.807, 2.05) is 0 Å². The first-order valence-corrected chi connectivity index (χ1v) is 5.73. The molecule has 5 heteroatoms. The normalized spacial score (nSPS) is 10.2. The molecule has 17 heavy (non-hydrogen) atoms. The number of benzene rings is 1. The van der Waals surface area contributed by atoms with Gasteiger partial charge < -0.3 is 14.8 Å². The molecular weight excluding hydrogens is 286 g/mol. The average Bonchev–Trinajstić information content (AvgIpc) is 2.76. The lowest BCUT2D eigenvalue weighted by Gasteiger charge is -2.04. The molecule has 0 radical (unpaired) electrons. The lowest BCUT2D eigenvalue weighted by atomic mass is 10.2. The van der Waals surface area contributed by atoms with Crippen LogP contribution >= 0.6 is 15.9 Å². The predicted molar refractivity (Wildman–Crippen MR) is 66.7 cm³/mol. The molecule has 1 aromatic heterocycles. The molecule has 0 aliphatic carbocycles. The third-order valence-corrected chi connectivity index (χ3v) is 2.61. The van der Waals surface area contributed by atoms with E-state index in [1.54, 1.807) is 30.3 Å². The summed E-state index contributed by atoms with van der Waals surface area (Å²) >= 11 is 3.13. The van der Waals surface area contributed by atoms with Crippen molar-refractivity contribution in [2.24, 2.45) is 0 Å². The highest BCUT2D eigenvalue weighted by atomic mass is 79.9. The Bertz CT molecular complexity index is 536. The largest absolute Gasteiger partial charge is 0.457 e. The minimum absolute atomic E-state index is 0.0546. The summed E-state index contributed by atoms with van der Waals surface area (Å²) < 4.78 is 5.49. The van der Waals surface area contributed by atoms with E-state index >= 15 is 0 Å². The molecule has 2 rings (SSSR count). The van der Waals surface area contributed by atoms with Crippen molar-refractivity contribution in [2.75, 3.05) is 5.32 Å². The van der Waals surface area contributed by atoms with E-state index in [0.29, 0.717) is 15.9 Å². The molecule has 1 aromatic carbocycles. The molecule has 0 atom stereocenters. The standard InChI is InChI=1S/C12H10BrNO3/c13-11-5-9(7-17-11)12(16)14-10-3-1-2-8(4-10)6-15/h1-5,7,15H,6H2,(H,14,16). The van der Waals surface area contributed by atoms with E-state index in [4.69, 9.17) is 9.52 Å². The molecule has 0 spiro atoms. The van der Waals surface area contributed by atoms with E-state index in [2.05, 4.69) is 21.2 Å². The van der Waals surface area contributed by atoms with E-state index < -0.39 is 0 Å². The first-order valence-electron chi connectivity index (χ1n) is 4.94. The smallest absolute Gasteiger partial charge is 0.258 e. The molecule has 0 unspecified atom stereocenters. The average molecular weight is 296 g/mol. The number of aliphatic hydroxyl groups is 1. The van der Waals surface area contributed by atoms with E-state index in [1.165, 1.54) is 6.26 Å². The molecule has 0 aliphatic rings. The zero-order chi connectivity index (χ0) is 12.3. The monoisotopic (exact) mass is 295 g/mol. The number of aliphatic hydroxyl groups excluding tert-OH is 1. The lowest BCUT2D eigenvalue weighted by molar-refractivity contribution is 0.102. The van der Waals surface area contributed by atoms with Crippen molar-refractivity contribution in [1.82, 2.24) is 0 Å². The molecule has 2 aromatic rings. The molecule has 0 aliphatic heterocycles. The third kappa shape index (κ3) is 2.95. The quantitative estimate of drug-likeness (QED) is 0.915. The van der Waals surface area contributed by atoms with Crippen LogP contribution in [0.5, 0.6) is 0 Å². The van der Waals surface area contributed by atoms with Gasteiger partial charge in [-0.25, -0.2) is 0 Å². The number of nitrogens with one attached hydrogen (secondary N) is 1. The number of rotatable bonds is 3. The number of halogens is 1. The highest BCUT2D eigenvalue weighted by Crippen LogP contribution is 2.16. The number of carbonyl (C=O) groups is 1. The summed E-state index contributed by atoms with van der Waals surface area (Å²) in [5, 5.41) is 11.7. The summed E-state index contributed by atoms with van der Waals surface area (Å²) in [5.41, 5.74) is 1.82. The van der Waals surface area contributed by atoms with Gasteiger partial charge >= 0.3 is 0 Å². The maximum Gasteiger partial charge on any atom is 0.258 e. The Morgan fingerprint density at radius 1 is 1.41 bits per heavy atom. The van der Waals surface area contributed by atoms with E-state index in [-0.39, 0.29) is 12.5 Å². The zero-order valence-corrected chi connectivity index (χ0v) is 10.4. The Morgan fingerprint density at radius 3 is 2.88 bits per heavy atom. The summed E-state index contributed by atoms with van der Waals surface area (Å²) in [4.78, 5) is 11.8. The summed E-state index contributed by atoms with van der Waals surface area (Å²) in [5.74, 6) is -0.255. The Hall–Kier alpha value is -1.59. The molecular formula is C12H10BrNO3. The second-order valence-electron chi connectivity index (χ2n) is 3.45. The molecule has 0 saturated carbocycles. The number of amides is 1. The Balaban J connectivity index is 2.12. The second-order valence-corrected chi connectivity index (χ2v) is 4.23. The van der Waals surface area contributed by atoms with Crippen LogP contribution in [0.25, 0.3) is 0 Å². The summed E-state index contributed by atoms with van der Waals surface area (Å²) in [6, 6.07) is 8.61. The molecule has 2 N–H and O–H groups in total. The van der Waals surface area contributed by atoms with Crippen molar-refractivity contribution in [3.8, 4) is 0 Å². The van der Waals surface area contributed by atoms with Crippen molar-refractivity contribution >= 4 is 27.5 Å². The second kappa shape index (κ2) is 5.16. The first-order chi connectivity index (χ1) is 8.19. The van der Waals surface area contributed by atoms with Crippen LogP contribution in [-0.2, 0) is 6.61 Å². The number of carbonyl (C=O) groups excluding carboxylic acids is 1. The van der Waals surface area contributed by atoms with Crippen LogP contribution in [0.15, 0.2) is 45.7 Å². The summed E-state index contributed by atoms with van der Waals surface area (Å²) in [7, 11) is 0. The minimum atomic E-state index is -0.255. The van der Waals surface area contributed by atoms with Crippen molar-refractivity contribution in [3.05, 3.63) is 52.4 Å². The molecule has 0 bridgehead atoms. The van der Waals surface area contributed by atoms with Crippen LogP contribution in [0, 0.1) is 0 Å². The Labute approximate surface area is 106 Å². The first kappa shape index (κ1) is 11.9. The fraction of sp³-hybridized carbons (Fsp3) is 0.0833. The van der Waals surface area contributed by atoms with Crippen LogP contribution in [0.3, 0.4) is 0 Å². The van der Waals surface area contributed by atoms with Crippen molar-refractivity contribution < 1.29 is 14.3 Å². The predicted octanol–water partition coefficient (Wildman–Crippen LogP) is 2.79. The summed E-state index contributed by atoms with van der Waals surface area (Å²) in [6.07, 6.45) is 1.37.